The molecule has 0 aliphatic carbocycles. The summed E-state index contributed by atoms with van der Waals surface area (Å²) in [6.07, 6.45) is 1.93. The van der Waals surface area contributed by atoms with Crippen LogP contribution < -0.4 is 10.5 Å². The molecule has 0 aromatic heterocycles. The summed E-state index contributed by atoms with van der Waals surface area (Å²) in [7, 11) is 0. The first kappa shape index (κ1) is 16.5. The van der Waals surface area contributed by atoms with Gasteiger partial charge >= 0.3 is 0 Å². The highest BCUT2D eigenvalue weighted by Gasteiger charge is 2.02. The zero-order valence-electron chi connectivity index (χ0n) is 11.8. The predicted molar refractivity (Wildman–Crippen MR) is 86.4 cm³/mol. The Bertz CT molecular complexity index is 484. The summed E-state index contributed by atoms with van der Waals surface area (Å²) in [4.78, 5) is 0. The molecule has 0 saturated carbocycles. The number of hydrogen-bond acceptors (Lipinski definition) is 2. The first-order chi connectivity index (χ1) is 9.28. The van der Waals surface area contributed by atoms with Crippen molar-refractivity contribution >= 4 is 12.4 Å². The van der Waals surface area contributed by atoms with Gasteiger partial charge in [0.05, 0.1) is 0 Å². The topological polar surface area (TPSA) is 35.2 Å². The van der Waals surface area contributed by atoms with Crippen LogP contribution in [0.4, 0.5) is 0 Å². The van der Waals surface area contributed by atoms with Gasteiger partial charge in [0.2, 0.25) is 0 Å². The van der Waals surface area contributed by atoms with Crippen molar-refractivity contribution in [1.82, 2.24) is 0 Å². The highest BCUT2D eigenvalue weighted by molar-refractivity contribution is 5.85. The van der Waals surface area contributed by atoms with Crippen LogP contribution in [0.3, 0.4) is 0 Å². The van der Waals surface area contributed by atoms with E-state index >= 15 is 0 Å². The van der Waals surface area contributed by atoms with Crippen molar-refractivity contribution in [2.75, 3.05) is 0 Å². The maximum Gasteiger partial charge on any atom is 0.119 e. The second-order valence-corrected chi connectivity index (χ2v) is 4.79. The van der Waals surface area contributed by atoms with Gasteiger partial charge in [0.25, 0.3) is 0 Å². The normalized spacial score (nSPS) is 11.5. The molecular formula is C17H22ClNO. The number of halogens is 1. The summed E-state index contributed by atoms with van der Waals surface area (Å²) in [5.74, 6) is 0.901. The number of hydrogen-bond donors (Lipinski definition) is 1. The molecule has 2 aromatic carbocycles. The van der Waals surface area contributed by atoms with Crippen LogP contribution in [-0.2, 0) is 13.0 Å². The molecule has 2 N–H and O–H groups in total. The van der Waals surface area contributed by atoms with Crippen LogP contribution in [0.1, 0.15) is 24.5 Å². The predicted octanol–water partition coefficient (Wildman–Crippen LogP) is 3.97. The molecule has 0 bridgehead atoms. The summed E-state index contributed by atoms with van der Waals surface area (Å²) in [5.41, 5.74) is 8.39. The number of ether oxygens (including phenoxy) is 1. The van der Waals surface area contributed by atoms with Crippen LogP contribution in [-0.4, -0.2) is 6.04 Å². The van der Waals surface area contributed by atoms with E-state index in [1.807, 2.05) is 30.3 Å². The zero-order chi connectivity index (χ0) is 13.5. The zero-order valence-corrected chi connectivity index (χ0v) is 12.6. The Balaban J connectivity index is 0.00000200. The molecule has 2 aromatic rings. The van der Waals surface area contributed by atoms with Crippen molar-refractivity contribution < 1.29 is 4.74 Å². The molecule has 0 saturated heterocycles. The van der Waals surface area contributed by atoms with Crippen molar-refractivity contribution in [2.24, 2.45) is 5.73 Å². The van der Waals surface area contributed by atoms with E-state index in [4.69, 9.17) is 10.5 Å². The fourth-order valence-electron chi connectivity index (χ4n) is 1.91. The van der Waals surface area contributed by atoms with Gasteiger partial charge in [-0.25, -0.2) is 0 Å². The van der Waals surface area contributed by atoms with Crippen molar-refractivity contribution in [1.29, 1.82) is 0 Å². The van der Waals surface area contributed by atoms with E-state index in [2.05, 4.69) is 31.2 Å². The fraction of sp³-hybridized carbons (Fsp3) is 0.294. The summed E-state index contributed by atoms with van der Waals surface area (Å²) < 4.78 is 5.75. The SMILES string of the molecule is CCC(N)Cc1ccc(OCc2ccccc2)cc1.Cl. The summed E-state index contributed by atoms with van der Waals surface area (Å²) in [5, 5.41) is 0. The van der Waals surface area contributed by atoms with Gasteiger partial charge in [0.1, 0.15) is 12.4 Å². The maximum atomic E-state index is 5.95. The molecule has 0 radical (unpaired) electrons. The van der Waals surface area contributed by atoms with Gasteiger partial charge in [-0.15, -0.1) is 12.4 Å². The lowest BCUT2D eigenvalue weighted by molar-refractivity contribution is 0.306. The smallest absolute Gasteiger partial charge is 0.119 e. The summed E-state index contributed by atoms with van der Waals surface area (Å²) >= 11 is 0. The van der Waals surface area contributed by atoms with Crippen LogP contribution in [0.5, 0.6) is 5.75 Å². The van der Waals surface area contributed by atoms with Crippen LogP contribution >= 0.6 is 12.4 Å². The Hall–Kier alpha value is -1.51. The molecule has 1 atom stereocenters. The quantitative estimate of drug-likeness (QED) is 0.874. The molecule has 2 nitrogen and oxygen atoms in total. The van der Waals surface area contributed by atoms with Crippen molar-refractivity contribution in [2.45, 2.75) is 32.4 Å². The first-order valence-electron chi connectivity index (χ1n) is 6.79. The van der Waals surface area contributed by atoms with Crippen LogP contribution in [0.15, 0.2) is 54.6 Å². The Morgan fingerprint density at radius 2 is 1.60 bits per heavy atom. The molecule has 2 rings (SSSR count). The molecule has 0 fully saturated rings. The second kappa shape index (κ2) is 8.62. The van der Waals surface area contributed by atoms with Gasteiger partial charge in [0, 0.05) is 6.04 Å². The highest BCUT2D eigenvalue weighted by atomic mass is 35.5. The molecule has 1 unspecified atom stereocenters. The molecule has 0 amide bonds. The van der Waals surface area contributed by atoms with E-state index in [1.54, 1.807) is 0 Å². The Labute approximate surface area is 127 Å². The monoisotopic (exact) mass is 291 g/mol. The van der Waals surface area contributed by atoms with Gasteiger partial charge in [-0.3, -0.25) is 0 Å². The molecule has 108 valence electrons. The molecule has 3 heteroatoms. The molecule has 0 aliphatic heterocycles. The number of nitrogens with two attached hydrogens (primary N) is 1. The molecule has 0 heterocycles. The average Bonchev–Trinajstić information content (AvgIpc) is 2.47. The minimum atomic E-state index is 0. The minimum Gasteiger partial charge on any atom is -0.489 e. The molecule has 0 spiro atoms. The molecule has 0 aliphatic rings. The Morgan fingerprint density at radius 3 is 2.20 bits per heavy atom. The largest absolute Gasteiger partial charge is 0.489 e. The van der Waals surface area contributed by atoms with E-state index in [0.717, 1.165) is 18.6 Å². The third-order valence-corrected chi connectivity index (χ3v) is 3.19. The standard InChI is InChI=1S/C17H21NO.ClH/c1-2-16(18)12-14-8-10-17(11-9-14)19-13-15-6-4-3-5-7-15;/h3-11,16H,2,12-13,18H2,1H3;1H. The van der Waals surface area contributed by atoms with Gasteiger partial charge in [0.15, 0.2) is 0 Å². The Morgan fingerprint density at radius 1 is 0.950 bits per heavy atom. The second-order valence-electron chi connectivity index (χ2n) is 4.79. The average molecular weight is 292 g/mol. The van der Waals surface area contributed by atoms with Gasteiger partial charge in [-0.05, 0) is 36.1 Å². The van der Waals surface area contributed by atoms with Crippen LogP contribution in [0, 0.1) is 0 Å². The van der Waals surface area contributed by atoms with Crippen molar-refractivity contribution in [3.8, 4) is 5.75 Å². The van der Waals surface area contributed by atoms with Crippen LogP contribution in [0.25, 0.3) is 0 Å². The van der Waals surface area contributed by atoms with Gasteiger partial charge in [-0.1, -0.05) is 49.4 Å². The first-order valence-corrected chi connectivity index (χ1v) is 6.79. The molecule has 20 heavy (non-hydrogen) atoms. The van der Waals surface area contributed by atoms with E-state index in [0.29, 0.717) is 6.61 Å². The van der Waals surface area contributed by atoms with Crippen molar-refractivity contribution in [3.05, 3.63) is 65.7 Å². The summed E-state index contributed by atoms with van der Waals surface area (Å²) in [6.45, 7) is 2.72. The van der Waals surface area contributed by atoms with Gasteiger partial charge in [-0.2, -0.15) is 0 Å². The Kier molecular flexibility index (Phi) is 7.13. The van der Waals surface area contributed by atoms with E-state index in [1.165, 1.54) is 11.1 Å². The number of benzene rings is 2. The lowest BCUT2D eigenvalue weighted by Gasteiger charge is -2.10. The van der Waals surface area contributed by atoms with E-state index in [-0.39, 0.29) is 18.4 Å². The van der Waals surface area contributed by atoms with Gasteiger partial charge < -0.3 is 10.5 Å². The minimum absolute atomic E-state index is 0. The van der Waals surface area contributed by atoms with Crippen LogP contribution in [0.2, 0.25) is 0 Å². The lowest BCUT2D eigenvalue weighted by Crippen LogP contribution is -2.21. The fourth-order valence-corrected chi connectivity index (χ4v) is 1.91. The third-order valence-electron chi connectivity index (χ3n) is 3.19. The highest BCUT2D eigenvalue weighted by Crippen LogP contribution is 2.15. The number of rotatable bonds is 6. The summed E-state index contributed by atoms with van der Waals surface area (Å²) in [6, 6.07) is 18.6. The third kappa shape index (κ3) is 5.24. The van der Waals surface area contributed by atoms with E-state index in [9.17, 15) is 0 Å². The van der Waals surface area contributed by atoms with Crippen molar-refractivity contribution in [3.63, 3.8) is 0 Å². The van der Waals surface area contributed by atoms with E-state index < -0.39 is 0 Å². The lowest BCUT2D eigenvalue weighted by atomic mass is 10.0. The molecular weight excluding hydrogens is 270 g/mol. The maximum absolute atomic E-state index is 5.95.